The van der Waals surface area contributed by atoms with Crippen molar-refractivity contribution in [2.24, 2.45) is 0 Å². The summed E-state index contributed by atoms with van der Waals surface area (Å²) in [6.45, 7) is 3.68. The van der Waals surface area contributed by atoms with Crippen molar-refractivity contribution in [3.05, 3.63) is 78.5 Å². The number of aromatic nitrogens is 2. The predicted molar refractivity (Wildman–Crippen MR) is 135 cm³/mol. The molecular weight excluding hydrogens is 442 g/mol. The molecule has 0 bridgehead atoms. The van der Waals surface area contributed by atoms with Gasteiger partial charge in [-0.15, -0.1) is 0 Å². The van der Waals surface area contributed by atoms with Gasteiger partial charge in [-0.2, -0.15) is 5.26 Å². The fourth-order valence-corrected chi connectivity index (χ4v) is 3.76. The second kappa shape index (κ2) is 10.1. The molecule has 1 aromatic heterocycles. The van der Waals surface area contributed by atoms with E-state index in [-0.39, 0.29) is 6.03 Å². The topological polar surface area (TPSA) is 115 Å². The number of urea groups is 1. The van der Waals surface area contributed by atoms with E-state index in [1.807, 2.05) is 30.5 Å². The van der Waals surface area contributed by atoms with E-state index in [4.69, 9.17) is 15.0 Å². The van der Waals surface area contributed by atoms with Crippen LogP contribution >= 0.6 is 0 Å². The molecule has 0 aliphatic carbocycles. The summed E-state index contributed by atoms with van der Waals surface area (Å²) in [6.07, 6.45) is 1.82. The Bertz CT molecular complexity index is 1380. The highest BCUT2D eigenvalue weighted by molar-refractivity contribution is 5.99. The van der Waals surface area contributed by atoms with Gasteiger partial charge in [-0.05, 0) is 60.7 Å². The average Bonchev–Trinajstić information content (AvgIpc) is 2.90. The molecule has 3 aromatic carbocycles. The molecule has 1 aliphatic heterocycles. The van der Waals surface area contributed by atoms with E-state index >= 15 is 0 Å². The molecule has 2 heterocycles. The number of nitriles is 1. The van der Waals surface area contributed by atoms with E-state index in [0.29, 0.717) is 28.4 Å². The van der Waals surface area contributed by atoms with E-state index in [2.05, 4.69) is 25.8 Å². The van der Waals surface area contributed by atoms with Crippen LogP contribution in [0.15, 0.2) is 72.9 Å². The van der Waals surface area contributed by atoms with Crippen LogP contribution in [0.25, 0.3) is 11.0 Å². The zero-order valence-electron chi connectivity index (χ0n) is 18.9. The lowest BCUT2D eigenvalue weighted by Crippen LogP contribution is -2.43. The SMILES string of the molecule is N#Cc1ccc(NC(=O)Nc2ccc(Oc3ccc4ncc(N5CCNCC5)nc4c3)cc2)cc1. The molecule has 174 valence electrons. The quantitative estimate of drug-likeness (QED) is 0.401. The highest BCUT2D eigenvalue weighted by Gasteiger charge is 2.13. The average molecular weight is 466 g/mol. The Morgan fingerprint density at radius 3 is 2.26 bits per heavy atom. The largest absolute Gasteiger partial charge is 0.457 e. The maximum absolute atomic E-state index is 12.2. The van der Waals surface area contributed by atoms with E-state index < -0.39 is 0 Å². The van der Waals surface area contributed by atoms with Gasteiger partial charge < -0.3 is 25.6 Å². The summed E-state index contributed by atoms with van der Waals surface area (Å²) >= 11 is 0. The number of amides is 2. The molecule has 1 aliphatic rings. The first-order valence-corrected chi connectivity index (χ1v) is 11.2. The van der Waals surface area contributed by atoms with Crippen molar-refractivity contribution in [2.75, 3.05) is 41.7 Å². The van der Waals surface area contributed by atoms with Crippen molar-refractivity contribution in [1.29, 1.82) is 5.26 Å². The predicted octanol–water partition coefficient (Wildman–Crippen LogP) is 4.35. The number of benzene rings is 3. The monoisotopic (exact) mass is 465 g/mol. The van der Waals surface area contributed by atoms with Crippen molar-refractivity contribution in [3.8, 4) is 17.6 Å². The normalized spacial score (nSPS) is 13.2. The van der Waals surface area contributed by atoms with Gasteiger partial charge in [-0.25, -0.2) is 9.78 Å². The van der Waals surface area contributed by atoms with Crippen LogP contribution in [0.3, 0.4) is 0 Å². The molecule has 35 heavy (non-hydrogen) atoms. The summed E-state index contributed by atoms with van der Waals surface area (Å²) < 4.78 is 6.00. The zero-order chi connectivity index (χ0) is 24.0. The molecule has 0 spiro atoms. The summed E-state index contributed by atoms with van der Waals surface area (Å²) in [6, 6.07) is 21.0. The lowest BCUT2D eigenvalue weighted by atomic mass is 10.2. The number of piperazine rings is 1. The van der Waals surface area contributed by atoms with Crippen LogP contribution in [0.1, 0.15) is 5.56 Å². The number of nitrogens with zero attached hydrogens (tertiary/aromatic N) is 4. The molecule has 5 rings (SSSR count). The summed E-state index contributed by atoms with van der Waals surface area (Å²) in [5, 5.41) is 17.7. The minimum atomic E-state index is -0.378. The molecule has 9 heteroatoms. The molecule has 2 amide bonds. The number of hydrogen-bond donors (Lipinski definition) is 3. The van der Waals surface area contributed by atoms with Crippen molar-refractivity contribution in [3.63, 3.8) is 0 Å². The van der Waals surface area contributed by atoms with Crippen LogP contribution in [0.2, 0.25) is 0 Å². The first-order chi connectivity index (χ1) is 17.2. The van der Waals surface area contributed by atoms with Crippen LogP contribution in [-0.4, -0.2) is 42.2 Å². The number of carbonyl (C=O) groups excluding carboxylic acids is 1. The van der Waals surface area contributed by atoms with Gasteiger partial charge in [0.2, 0.25) is 0 Å². The summed E-state index contributed by atoms with van der Waals surface area (Å²) in [7, 11) is 0. The second-order valence-electron chi connectivity index (χ2n) is 8.01. The first-order valence-electron chi connectivity index (χ1n) is 11.2. The number of anilines is 3. The van der Waals surface area contributed by atoms with Gasteiger partial charge >= 0.3 is 6.03 Å². The minimum absolute atomic E-state index is 0.378. The number of hydrogen-bond acceptors (Lipinski definition) is 7. The Labute approximate surface area is 202 Å². The van der Waals surface area contributed by atoms with E-state index in [9.17, 15) is 4.79 Å². The molecule has 0 unspecified atom stereocenters. The lowest BCUT2D eigenvalue weighted by Gasteiger charge is -2.28. The number of carbonyl (C=O) groups is 1. The first kappa shape index (κ1) is 22.1. The fraction of sp³-hybridized carbons (Fsp3) is 0.154. The standard InChI is InChI=1S/C26H23N7O2/c27-16-18-1-3-19(4-2-18)30-26(34)31-20-5-7-21(8-6-20)35-22-9-10-23-24(15-22)32-25(17-29-23)33-13-11-28-12-14-33/h1-10,15,17,28H,11-14H2,(H2,30,31,34). The maximum atomic E-state index is 12.2. The smallest absolute Gasteiger partial charge is 0.323 e. The van der Waals surface area contributed by atoms with Crippen molar-refractivity contribution in [1.82, 2.24) is 15.3 Å². The second-order valence-corrected chi connectivity index (χ2v) is 8.01. The summed E-state index contributed by atoms with van der Waals surface area (Å²) in [4.78, 5) is 23.8. The van der Waals surface area contributed by atoms with Crippen molar-refractivity contribution < 1.29 is 9.53 Å². The fourth-order valence-electron chi connectivity index (χ4n) is 3.76. The zero-order valence-corrected chi connectivity index (χ0v) is 18.9. The molecule has 1 saturated heterocycles. The molecule has 1 fully saturated rings. The number of rotatable bonds is 5. The van der Waals surface area contributed by atoms with Gasteiger partial charge in [0.1, 0.15) is 17.3 Å². The van der Waals surface area contributed by atoms with Crippen molar-refractivity contribution >= 4 is 34.3 Å². The third kappa shape index (κ3) is 5.46. The number of nitrogens with one attached hydrogen (secondary N) is 3. The lowest BCUT2D eigenvalue weighted by molar-refractivity contribution is 0.262. The van der Waals surface area contributed by atoms with Crippen LogP contribution in [0, 0.1) is 11.3 Å². The van der Waals surface area contributed by atoms with E-state index in [1.54, 1.807) is 48.5 Å². The minimum Gasteiger partial charge on any atom is -0.457 e. The van der Waals surface area contributed by atoms with Crippen molar-refractivity contribution in [2.45, 2.75) is 0 Å². The Morgan fingerprint density at radius 1 is 0.914 bits per heavy atom. The summed E-state index contributed by atoms with van der Waals surface area (Å²) in [5.74, 6) is 2.16. The van der Waals surface area contributed by atoms with Gasteiger partial charge in [-0.1, -0.05) is 0 Å². The van der Waals surface area contributed by atoms with Crippen LogP contribution in [0.4, 0.5) is 22.0 Å². The number of ether oxygens (including phenoxy) is 1. The number of fused-ring (bicyclic) bond motifs is 1. The van der Waals surface area contributed by atoms with E-state index in [0.717, 1.165) is 43.0 Å². The highest BCUT2D eigenvalue weighted by atomic mass is 16.5. The van der Waals surface area contributed by atoms with Gasteiger partial charge in [0, 0.05) is 43.6 Å². The van der Waals surface area contributed by atoms with Gasteiger partial charge in [0.25, 0.3) is 0 Å². The van der Waals surface area contributed by atoms with Crippen LogP contribution < -0.4 is 25.6 Å². The molecule has 3 N–H and O–H groups in total. The van der Waals surface area contributed by atoms with E-state index in [1.165, 1.54) is 0 Å². The Balaban J connectivity index is 1.22. The third-order valence-electron chi connectivity index (χ3n) is 5.56. The molecule has 0 saturated carbocycles. The third-order valence-corrected chi connectivity index (χ3v) is 5.56. The Hall–Kier alpha value is -4.68. The highest BCUT2D eigenvalue weighted by Crippen LogP contribution is 2.26. The van der Waals surface area contributed by atoms with Crippen LogP contribution in [-0.2, 0) is 0 Å². The molecule has 9 nitrogen and oxygen atoms in total. The van der Waals surface area contributed by atoms with Crippen LogP contribution in [0.5, 0.6) is 11.5 Å². The summed E-state index contributed by atoms with van der Waals surface area (Å²) in [5.41, 5.74) is 3.33. The molecule has 0 radical (unpaired) electrons. The molecule has 4 aromatic rings. The van der Waals surface area contributed by atoms with Gasteiger partial charge in [0.15, 0.2) is 0 Å². The molecular formula is C26H23N7O2. The Kier molecular flexibility index (Phi) is 6.37. The molecule has 0 atom stereocenters. The van der Waals surface area contributed by atoms with Gasteiger partial charge in [0.05, 0.1) is 28.9 Å². The maximum Gasteiger partial charge on any atom is 0.323 e. The Morgan fingerprint density at radius 2 is 1.57 bits per heavy atom. The van der Waals surface area contributed by atoms with Gasteiger partial charge in [-0.3, -0.25) is 4.98 Å².